The minimum atomic E-state index is -1.66. The van der Waals surface area contributed by atoms with Gasteiger partial charge in [-0.2, -0.15) is 0 Å². The zero-order valence-corrected chi connectivity index (χ0v) is 14.9. The van der Waals surface area contributed by atoms with Gasteiger partial charge in [0.25, 0.3) is 0 Å². The van der Waals surface area contributed by atoms with Crippen molar-refractivity contribution in [1.82, 2.24) is 0 Å². The van der Waals surface area contributed by atoms with Crippen LogP contribution in [0.3, 0.4) is 0 Å². The summed E-state index contributed by atoms with van der Waals surface area (Å²) in [5.74, 6) is -4.11. The normalized spacial score (nSPS) is 10.9. The Labute approximate surface area is 154 Å². The minimum Gasteiger partial charge on any atom is -0.465 e. The van der Waals surface area contributed by atoms with Crippen molar-refractivity contribution in [3.8, 4) is 0 Å². The molecule has 2 amide bonds. The molecular formula is C19H18F2N2O4. The number of halogens is 2. The summed E-state index contributed by atoms with van der Waals surface area (Å²) in [6, 6.07) is 9.08. The van der Waals surface area contributed by atoms with E-state index >= 15 is 0 Å². The number of rotatable bonds is 5. The molecule has 0 bridgehead atoms. The molecule has 0 saturated heterocycles. The molecule has 2 N–H and O–H groups in total. The molecule has 0 aliphatic rings. The maximum atomic E-state index is 13.7. The van der Waals surface area contributed by atoms with Crippen molar-refractivity contribution in [2.75, 3.05) is 17.7 Å². The van der Waals surface area contributed by atoms with Crippen LogP contribution in [0.5, 0.6) is 0 Å². The van der Waals surface area contributed by atoms with Gasteiger partial charge in [-0.05, 0) is 44.2 Å². The van der Waals surface area contributed by atoms with Crippen LogP contribution in [0.2, 0.25) is 0 Å². The second-order valence-corrected chi connectivity index (χ2v) is 6.20. The summed E-state index contributed by atoms with van der Waals surface area (Å²) >= 11 is 0. The van der Waals surface area contributed by atoms with E-state index in [4.69, 9.17) is 0 Å². The highest BCUT2D eigenvalue weighted by Crippen LogP contribution is 2.25. The predicted octanol–water partition coefficient (Wildman–Crippen LogP) is 3.35. The first kappa shape index (κ1) is 20.0. The molecule has 2 aromatic carbocycles. The van der Waals surface area contributed by atoms with Crippen molar-refractivity contribution in [1.29, 1.82) is 0 Å². The maximum Gasteiger partial charge on any atom is 0.337 e. The van der Waals surface area contributed by atoms with Crippen molar-refractivity contribution >= 4 is 29.2 Å². The smallest absolute Gasteiger partial charge is 0.337 e. The Morgan fingerprint density at radius 2 is 1.48 bits per heavy atom. The third-order valence-corrected chi connectivity index (χ3v) is 3.88. The second kappa shape index (κ2) is 7.94. The minimum absolute atomic E-state index is 0.214. The van der Waals surface area contributed by atoms with Crippen molar-refractivity contribution < 1.29 is 27.9 Å². The summed E-state index contributed by atoms with van der Waals surface area (Å²) in [5.41, 5.74) is -1.81. The van der Waals surface area contributed by atoms with E-state index in [1.54, 1.807) is 0 Å². The number of hydrogen-bond donors (Lipinski definition) is 2. The average Bonchev–Trinajstić information content (AvgIpc) is 2.64. The van der Waals surface area contributed by atoms with Crippen LogP contribution in [0.1, 0.15) is 24.2 Å². The van der Waals surface area contributed by atoms with Gasteiger partial charge in [0.2, 0.25) is 11.8 Å². The van der Waals surface area contributed by atoms with Crippen LogP contribution in [0.15, 0.2) is 42.5 Å². The summed E-state index contributed by atoms with van der Waals surface area (Å²) < 4.78 is 32.0. The highest BCUT2D eigenvalue weighted by atomic mass is 19.1. The van der Waals surface area contributed by atoms with Crippen LogP contribution in [0, 0.1) is 17.0 Å². The molecule has 0 spiro atoms. The van der Waals surface area contributed by atoms with Gasteiger partial charge >= 0.3 is 5.97 Å². The van der Waals surface area contributed by atoms with Crippen molar-refractivity contribution in [2.24, 2.45) is 5.41 Å². The molecule has 2 aromatic rings. The van der Waals surface area contributed by atoms with Gasteiger partial charge in [-0.15, -0.1) is 0 Å². The zero-order chi connectivity index (χ0) is 20.2. The van der Waals surface area contributed by atoms with Crippen molar-refractivity contribution in [2.45, 2.75) is 13.8 Å². The summed E-state index contributed by atoms with van der Waals surface area (Å²) in [7, 11) is 1.23. The average molecular weight is 376 g/mol. The summed E-state index contributed by atoms with van der Waals surface area (Å²) in [6.45, 7) is 2.61. The van der Waals surface area contributed by atoms with Gasteiger partial charge < -0.3 is 15.4 Å². The molecule has 0 heterocycles. The lowest BCUT2D eigenvalue weighted by Crippen LogP contribution is -2.42. The first-order valence-corrected chi connectivity index (χ1v) is 7.92. The number of para-hydroxylation sites is 1. The third kappa shape index (κ3) is 4.46. The molecule has 0 unspecified atom stereocenters. The Morgan fingerprint density at radius 1 is 0.926 bits per heavy atom. The molecule has 0 aromatic heterocycles. The standard InChI is InChI=1S/C19H18F2N2O4/c1-19(2,18(26)23-15-13(20)8-5-9-14(15)21)17(25)22-12-7-4-6-11(10-12)16(24)27-3/h4-10H,1-3H3,(H,22,25)(H,23,26). The Hall–Kier alpha value is -3.29. The van der Waals surface area contributed by atoms with E-state index in [0.717, 1.165) is 18.2 Å². The summed E-state index contributed by atoms with van der Waals surface area (Å²) in [6.07, 6.45) is 0. The molecule has 27 heavy (non-hydrogen) atoms. The van der Waals surface area contributed by atoms with E-state index in [2.05, 4.69) is 15.4 Å². The van der Waals surface area contributed by atoms with E-state index in [9.17, 15) is 23.2 Å². The number of methoxy groups -OCH3 is 1. The number of anilines is 2. The third-order valence-electron chi connectivity index (χ3n) is 3.88. The molecule has 0 radical (unpaired) electrons. The van der Waals surface area contributed by atoms with E-state index in [1.165, 1.54) is 45.2 Å². The second-order valence-electron chi connectivity index (χ2n) is 6.20. The molecule has 8 heteroatoms. The van der Waals surface area contributed by atoms with E-state index in [1.807, 2.05) is 0 Å². The fraction of sp³-hybridized carbons (Fsp3) is 0.211. The fourth-order valence-electron chi connectivity index (χ4n) is 2.12. The fourth-order valence-corrected chi connectivity index (χ4v) is 2.12. The van der Waals surface area contributed by atoms with E-state index in [0.29, 0.717) is 0 Å². The molecule has 142 valence electrons. The SMILES string of the molecule is COC(=O)c1cccc(NC(=O)C(C)(C)C(=O)Nc2c(F)cccc2F)c1. The molecule has 0 aliphatic heterocycles. The maximum absolute atomic E-state index is 13.7. The Morgan fingerprint density at radius 3 is 2.07 bits per heavy atom. The number of hydrogen-bond acceptors (Lipinski definition) is 4. The molecular weight excluding hydrogens is 358 g/mol. The number of esters is 1. The first-order chi connectivity index (χ1) is 12.7. The molecule has 2 rings (SSSR count). The van der Waals surface area contributed by atoms with Gasteiger partial charge in [-0.3, -0.25) is 9.59 Å². The highest BCUT2D eigenvalue weighted by Gasteiger charge is 2.37. The number of carbonyl (C=O) groups excluding carboxylic acids is 3. The van der Waals surface area contributed by atoms with Gasteiger partial charge in [-0.25, -0.2) is 13.6 Å². The number of amides is 2. The first-order valence-electron chi connectivity index (χ1n) is 7.92. The van der Waals surface area contributed by atoms with Crippen molar-refractivity contribution in [3.63, 3.8) is 0 Å². The molecule has 6 nitrogen and oxygen atoms in total. The van der Waals surface area contributed by atoms with Crippen LogP contribution in [-0.4, -0.2) is 24.9 Å². The van der Waals surface area contributed by atoms with Gasteiger partial charge in [-0.1, -0.05) is 12.1 Å². The monoisotopic (exact) mass is 376 g/mol. The number of nitrogens with one attached hydrogen (secondary N) is 2. The van der Waals surface area contributed by atoms with Gasteiger partial charge in [0, 0.05) is 5.69 Å². The zero-order valence-electron chi connectivity index (χ0n) is 14.9. The summed E-state index contributed by atoms with van der Waals surface area (Å²) in [5, 5.41) is 4.60. The van der Waals surface area contributed by atoms with Gasteiger partial charge in [0.15, 0.2) is 0 Å². The molecule has 0 aliphatic carbocycles. The van der Waals surface area contributed by atoms with Crippen LogP contribution in [0.25, 0.3) is 0 Å². The lowest BCUT2D eigenvalue weighted by Gasteiger charge is -2.23. The summed E-state index contributed by atoms with van der Waals surface area (Å²) in [4.78, 5) is 36.5. The van der Waals surface area contributed by atoms with Crippen LogP contribution in [-0.2, 0) is 14.3 Å². The molecule has 0 atom stereocenters. The van der Waals surface area contributed by atoms with E-state index < -0.39 is 40.5 Å². The molecule has 0 fully saturated rings. The number of carbonyl (C=O) groups is 3. The van der Waals surface area contributed by atoms with Gasteiger partial charge in [0.05, 0.1) is 12.7 Å². The number of ether oxygens (including phenoxy) is 1. The van der Waals surface area contributed by atoms with Gasteiger partial charge in [0.1, 0.15) is 22.7 Å². The quantitative estimate of drug-likeness (QED) is 0.619. The Kier molecular flexibility index (Phi) is 5.89. The predicted molar refractivity (Wildman–Crippen MR) is 95.2 cm³/mol. The van der Waals surface area contributed by atoms with Crippen LogP contribution >= 0.6 is 0 Å². The lowest BCUT2D eigenvalue weighted by atomic mass is 9.90. The van der Waals surface area contributed by atoms with Crippen molar-refractivity contribution in [3.05, 3.63) is 59.7 Å². The van der Waals surface area contributed by atoms with Crippen LogP contribution < -0.4 is 10.6 Å². The Balaban J connectivity index is 2.17. The Bertz CT molecular complexity index is 877. The lowest BCUT2D eigenvalue weighted by molar-refractivity contribution is -0.135. The largest absolute Gasteiger partial charge is 0.465 e. The highest BCUT2D eigenvalue weighted by molar-refractivity contribution is 6.14. The topological polar surface area (TPSA) is 84.5 Å². The molecule has 0 saturated carbocycles. The number of benzene rings is 2. The van der Waals surface area contributed by atoms with Crippen LogP contribution in [0.4, 0.5) is 20.2 Å². The van der Waals surface area contributed by atoms with E-state index in [-0.39, 0.29) is 11.3 Å².